The zero-order valence-corrected chi connectivity index (χ0v) is 13.3. The van der Waals surface area contributed by atoms with Crippen molar-refractivity contribution in [2.45, 2.75) is 25.3 Å². The van der Waals surface area contributed by atoms with Gasteiger partial charge in [0.25, 0.3) is 5.91 Å². The summed E-state index contributed by atoms with van der Waals surface area (Å²) in [4.78, 5) is 39.6. The van der Waals surface area contributed by atoms with E-state index in [9.17, 15) is 18.8 Å². The van der Waals surface area contributed by atoms with E-state index in [-0.39, 0.29) is 23.5 Å². The van der Waals surface area contributed by atoms with E-state index in [1.54, 1.807) is 9.80 Å². The molecule has 3 rings (SSSR count). The summed E-state index contributed by atoms with van der Waals surface area (Å²) in [6.07, 6.45) is 1.60. The van der Waals surface area contributed by atoms with E-state index in [0.29, 0.717) is 51.0 Å². The Morgan fingerprint density at radius 1 is 1.04 bits per heavy atom. The Hall–Kier alpha value is -2.44. The van der Waals surface area contributed by atoms with E-state index in [0.717, 1.165) is 0 Å². The Morgan fingerprint density at radius 3 is 2.38 bits per heavy atom. The van der Waals surface area contributed by atoms with Gasteiger partial charge in [-0.05, 0) is 37.1 Å². The van der Waals surface area contributed by atoms with Gasteiger partial charge in [-0.3, -0.25) is 14.4 Å². The minimum Gasteiger partial charge on any atom is -0.344 e. The summed E-state index contributed by atoms with van der Waals surface area (Å²) in [6, 6.07) is 5.05. The van der Waals surface area contributed by atoms with Gasteiger partial charge >= 0.3 is 0 Å². The zero-order valence-electron chi connectivity index (χ0n) is 13.3. The molecule has 2 aliphatic heterocycles. The molecule has 2 saturated heterocycles. The van der Waals surface area contributed by atoms with Crippen molar-refractivity contribution in [1.82, 2.24) is 15.1 Å². The topological polar surface area (TPSA) is 69.7 Å². The van der Waals surface area contributed by atoms with E-state index >= 15 is 0 Å². The third kappa shape index (κ3) is 3.55. The van der Waals surface area contributed by atoms with Gasteiger partial charge in [0, 0.05) is 38.2 Å². The average molecular weight is 333 g/mol. The number of hydrogen-bond acceptors (Lipinski definition) is 3. The first kappa shape index (κ1) is 16.4. The summed E-state index contributed by atoms with van der Waals surface area (Å²) in [5, 5.41) is 2.69. The predicted octanol–water partition coefficient (Wildman–Crippen LogP) is 0.779. The van der Waals surface area contributed by atoms with E-state index in [4.69, 9.17) is 0 Å². The lowest BCUT2D eigenvalue weighted by atomic mass is 10.2. The van der Waals surface area contributed by atoms with Gasteiger partial charge in [-0.2, -0.15) is 0 Å². The van der Waals surface area contributed by atoms with Crippen molar-refractivity contribution in [3.05, 3.63) is 35.6 Å². The van der Waals surface area contributed by atoms with Crippen molar-refractivity contribution >= 4 is 17.7 Å². The van der Waals surface area contributed by atoms with E-state index in [1.807, 2.05) is 0 Å². The fourth-order valence-corrected chi connectivity index (χ4v) is 3.14. The van der Waals surface area contributed by atoms with Crippen LogP contribution in [0.25, 0.3) is 0 Å². The fourth-order valence-electron chi connectivity index (χ4n) is 3.14. The minimum atomic E-state index is -0.433. The molecule has 1 aromatic rings. The summed E-state index contributed by atoms with van der Waals surface area (Å²) >= 11 is 0. The number of carbonyl (C=O) groups excluding carboxylic acids is 3. The Morgan fingerprint density at radius 2 is 1.71 bits per heavy atom. The summed E-state index contributed by atoms with van der Waals surface area (Å²) in [5.74, 6) is -0.690. The van der Waals surface area contributed by atoms with Gasteiger partial charge in [-0.25, -0.2) is 4.39 Å². The lowest BCUT2D eigenvalue weighted by Gasteiger charge is -2.24. The lowest BCUT2D eigenvalue weighted by Crippen LogP contribution is -2.46. The quantitative estimate of drug-likeness (QED) is 0.869. The van der Waals surface area contributed by atoms with Gasteiger partial charge in [0.05, 0.1) is 0 Å². The summed E-state index contributed by atoms with van der Waals surface area (Å²) in [5.41, 5.74) is 0.444. The molecule has 0 bridgehead atoms. The molecule has 2 aliphatic rings. The highest BCUT2D eigenvalue weighted by atomic mass is 19.1. The second kappa shape index (κ2) is 6.98. The monoisotopic (exact) mass is 333 g/mol. The smallest absolute Gasteiger partial charge is 0.253 e. The highest BCUT2D eigenvalue weighted by Crippen LogP contribution is 2.14. The number of benzene rings is 1. The van der Waals surface area contributed by atoms with Crippen molar-refractivity contribution in [2.75, 3.05) is 26.2 Å². The van der Waals surface area contributed by atoms with Gasteiger partial charge in [0.1, 0.15) is 11.9 Å². The van der Waals surface area contributed by atoms with Gasteiger partial charge < -0.3 is 15.1 Å². The Balaban J connectivity index is 1.60. The highest BCUT2D eigenvalue weighted by Gasteiger charge is 2.32. The summed E-state index contributed by atoms with van der Waals surface area (Å²) < 4.78 is 13.0. The summed E-state index contributed by atoms with van der Waals surface area (Å²) in [6.45, 7) is 2.00. The normalized spacial score (nSPS) is 21.4. The molecule has 1 aromatic carbocycles. The number of amides is 3. The molecular formula is C17H20FN3O3. The summed E-state index contributed by atoms with van der Waals surface area (Å²) in [7, 11) is 0. The van der Waals surface area contributed by atoms with Gasteiger partial charge in [-0.15, -0.1) is 0 Å². The number of nitrogens with zero attached hydrogens (tertiary/aromatic N) is 2. The maximum absolute atomic E-state index is 13.0. The van der Waals surface area contributed by atoms with Gasteiger partial charge in [0.15, 0.2) is 0 Å². The molecule has 0 radical (unpaired) electrons. The minimum absolute atomic E-state index is 0.0723. The molecule has 7 heteroatoms. The van der Waals surface area contributed by atoms with Crippen LogP contribution in [0.1, 0.15) is 29.6 Å². The molecule has 1 atom stereocenters. The number of carbonyl (C=O) groups is 3. The third-order valence-electron chi connectivity index (χ3n) is 4.48. The molecule has 2 heterocycles. The van der Waals surface area contributed by atoms with Crippen LogP contribution in [-0.2, 0) is 9.59 Å². The van der Waals surface area contributed by atoms with Crippen molar-refractivity contribution < 1.29 is 18.8 Å². The lowest BCUT2D eigenvalue weighted by molar-refractivity contribution is -0.134. The van der Waals surface area contributed by atoms with Crippen molar-refractivity contribution in [3.63, 3.8) is 0 Å². The average Bonchev–Trinajstić information content (AvgIpc) is 2.87. The zero-order chi connectivity index (χ0) is 17.1. The maximum atomic E-state index is 13.0. The first-order chi connectivity index (χ1) is 11.5. The molecule has 2 fully saturated rings. The van der Waals surface area contributed by atoms with E-state index < -0.39 is 6.04 Å². The third-order valence-corrected chi connectivity index (χ3v) is 4.48. The molecule has 1 N–H and O–H groups in total. The number of halogens is 1. The SMILES string of the molecule is O=C1CCC(C(=O)N2CCCN(C(=O)c3ccc(F)cc3)CC2)N1. The molecule has 0 spiro atoms. The second-order valence-electron chi connectivity index (χ2n) is 6.14. The molecule has 0 saturated carbocycles. The van der Waals surface area contributed by atoms with Crippen LogP contribution in [0.2, 0.25) is 0 Å². The highest BCUT2D eigenvalue weighted by molar-refractivity contribution is 5.94. The molecule has 3 amide bonds. The molecule has 128 valence electrons. The van der Waals surface area contributed by atoms with Gasteiger partial charge in [0.2, 0.25) is 11.8 Å². The van der Waals surface area contributed by atoms with Crippen LogP contribution >= 0.6 is 0 Å². The standard InChI is InChI=1S/C17H20FN3O3/c18-13-4-2-12(3-5-13)16(23)20-8-1-9-21(11-10-20)17(24)14-6-7-15(22)19-14/h2-5,14H,1,6-11H2,(H,19,22). The van der Waals surface area contributed by atoms with Crippen LogP contribution in [0.15, 0.2) is 24.3 Å². The van der Waals surface area contributed by atoms with Crippen LogP contribution < -0.4 is 5.32 Å². The molecule has 24 heavy (non-hydrogen) atoms. The van der Waals surface area contributed by atoms with Crippen LogP contribution in [0.4, 0.5) is 4.39 Å². The van der Waals surface area contributed by atoms with Crippen LogP contribution in [0, 0.1) is 5.82 Å². The molecule has 6 nitrogen and oxygen atoms in total. The predicted molar refractivity (Wildman–Crippen MR) is 84.7 cm³/mol. The largest absolute Gasteiger partial charge is 0.344 e. The molecule has 0 aromatic heterocycles. The van der Waals surface area contributed by atoms with Crippen LogP contribution in [-0.4, -0.2) is 59.7 Å². The van der Waals surface area contributed by atoms with E-state index in [2.05, 4.69) is 5.32 Å². The van der Waals surface area contributed by atoms with Crippen LogP contribution in [0.3, 0.4) is 0 Å². The first-order valence-corrected chi connectivity index (χ1v) is 8.17. The molecule has 1 unspecified atom stereocenters. The Kier molecular flexibility index (Phi) is 4.78. The number of rotatable bonds is 2. The van der Waals surface area contributed by atoms with Crippen LogP contribution in [0.5, 0.6) is 0 Å². The maximum Gasteiger partial charge on any atom is 0.253 e. The number of nitrogens with one attached hydrogen (secondary N) is 1. The van der Waals surface area contributed by atoms with Crippen molar-refractivity contribution in [3.8, 4) is 0 Å². The molecular weight excluding hydrogens is 313 g/mol. The van der Waals surface area contributed by atoms with Crippen molar-refractivity contribution in [2.24, 2.45) is 0 Å². The second-order valence-corrected chi connectivity index (χ2v) is 6.14. The number of hydrogen-bond donors (Lipinski definition) is 1. The molecule has 0 aliphatic carbocycles. The Bertz CT molecular complexity index is 647. The first-order valence-electron chi connectivity index (χ1n) is 8.17. The van der Waals surface area contributed by atoms with E-state index in [1.165, 1.54) is 24.3 Å². The Labute approximate surface area is 139 Å². The van der Waals surface area contributed by atoms with Crippen molar-refractivity contribution in [1.29, 1.82) is 0 Å². The van der Waals surface area contributed by atoms with Gasteiger partial charge in [-0.1, -0.05) is 0 Å². The fraction of sp³-hybridized carbons (Fsp3) is 0.471.